The minimum Gasteiger partial charge on any atom is -0.454 e. The zero-order valence-corrected chi connectivity index (χ0v) is 10.8. The summed E-state index contributed by atoms with van der Waals surface area (Å²) in [4.78, 5) is 5.67. The topological polar surface area (TPSA) is 51.6 Å². The molecule has 2 aromatic rings. The predicted octanol–water partition coefficient (Wildman–Crippen LogP) is 2.38. The monoisotopic (exact) mass is 263 g/mol. The Morgan fingerprint density at radius 2 is 2.17 bits per heavy atom. The number of aliphatic hydroxyl groups excluding tert-OH is 1. The SMILES string of the molecule is Cc1nc(-c2ccc3c(c2)OCO3)sc1CCO. The number of ether oxygens (including phenoxy) is 2. The molecule has 1 N–H and O–H groups in total. The van der Waals surface area contributed by atoms with Crippen LogP contribution < -0.4 is 9.47 Å². The minimum atomic E-state index is 0.156. The Morgan fingerprint density at radius 1 is 1.33 bits per heavy atom. The number of hydrogen-bond acceptors (Lipinski definition) is 5. The number of aliphatic hydroxyl groups is 1. The largest absolute Gasteiger partial charge is 0.454 e. The summed E-state index contributed by atoms with van der Waals surface area (Å²) in [7, 11) is 0. The molecule has 0 spiro atoms. The van der Waals surface area contributed by atoms with Crippen molar-refractivity contribution in [2.75, 3.05) is 13.4 Å². The highest BCUT2D eigenvalue weighted by molar-refractivity contribution is 7.15. The molecular weight excluding hydrogens is 250 g/mol. The first-order chi connectivity index (χ1) is 8.78. The van der Waals surface area contributed by atoms with Crippen molar-refractivity contribution in [3.63, 3.8) is 0 Å². The van der Waals surface area contributed by atoms with Crippen LogP contribution in [0.2, 0.25) is 0 Å². The molecule has 0 unspecified atom stereocenters. The van der Waals surface area contributed by atoms with Gasteiger partial charge in [0, 0.05) is 23.5 Å². The molecule has 4 nitrogen and oxygen atoms in total. The van der Waals surface area contributed by atoms with Gasteiger partial charge in [0.15, 0.2) is 11.5 Å². The van der Waals surface area contributed by atoms with Crippen LogP contribution in [-0.4, -0.2) is 23.5 Å². The molecule has 3 rings (SSSR count). The van der Waals surface area contributed by atoms with E-state index in [0.717, 1.165) is 32.6 Å². The summed E-state index contributed by atoms with van der Waals surface area (Å²) in [5.41, 5.74) is 2.01. The van der Waals surface area contributed by atoms with Crippen molar-refractivity contribution in [2.24, 2.45) is 0 Å². The molecule has 0 aliphatic carbocycles. The number of fused-ring (bicyclic) bond motifs is 1. The Hall–Kier alpha value is -1.59. The molecule has 5 heteroatoms. The predicted molar refractivity (Wildman–Crippen MR) is 69.2 cm³/mol. The second-order valence-electron chi connectivity index (χ2n) is 4.07. The van der Waals surface area contributed by atoms with Crippen LogP contribution >= 0.6 is 11.3 Å². The van der Waals surface area contributed by atoms with Gasteiger partial charge in [0.05, 0.1) is 5.69 Å². The van der Waals surface area contributed by atoms with Crippen LogP contribution in [0.1, 0.15) is 10.6 Å². The van der Waals surface area contributed by atoms with Crippen molar-refractivity contribution < 1.29 is 14.6 Å². The van der Waals surface area contributed by atoms with Gasteiger partial charge in [-0.3, -0.25) is 0 Å². The van der Waals surface area contributed by atoms with E-state index in [4.69, 9.17) is 14.6 Å². The van der Waals surface area contributed by atoms with Gasteiger partial charge in [-0.2, -0.15) is 0 Å². The Kier molecular flexibility index (Phi) is 2.93. The second-order valence-corrected chi connectivity index (χ2v) is 5.15. The number of hydrogen-bond donors (Lipinski definition) is 1. The zero-order valence-electron chi connectivity index (χ0n) is 9.97. The van der Waals surface area contributed by atoms with Crippen molar-refractivity contribution >= 4 is 11.3 Å². The normalized spacial score (nSPS) is 13.0. The van der Waals surface area contributed by atoms with Gasteiger partial charge in [0.2, 0.25) is 6.79 Å². The molecule has 1 aliphatic rings. The molecular formula is C13H13NO3S. The first-order valence-corrected chi connectivity index (χ1v) is 6.57. The van der Waals surface area contributed by atoms with Gasteiger partial charge in [-0.25, -0.2) is 4.98 Å². The van der Waals surface area contributed by atoms with Crippen LogP contribution in [0.3, 0.4) is 0 Å². The van der Waals surface area contributed by atoms with Crippen molar-refractivity contribution in [3.05, 3.63) is 28.8 Å². The second kappa shape index (κ2) is 4.59. The van der Waals surface area contributed by atoms with E-state index < -0.39 is 0 Å². The van der Waals surface area contributed by atoms with Crippen molar-refractivity contribution in [2.45, 2.75) is 13.3 Å². The van der Waals surface area contributed by atoms with Crippen LogP contribution in [-0.2, 0) is 6.42 Å². The van der Waals surface area contributed by atoms with Crippen LogP contribution in [0.15, 0.2) is 18.2 Å². The number of aryl methyl sites for hydroxylation is 1. The van der Waals surface area contributed by atoms with E-state index in [-0.39, 0.29) is 13.4 Å². The summed E-state index contributed by atoms with van der Waals surface area (Å²) in [5.74, 6) is 1.55. The van der Waals surface area contributed by atoms with Gasteiger partial charge in [-0.15, -0.1) is 11.3 Å². The van der Waals surface area contributed by atoms with Crippen molar-refractivity contribution in [1.29, 1.82) is 0 Å². The first kappa shape index (κ1) is 11.5. The molecule has 2 heterocycles. The smallest absolute Gasteiger partial charge is 0.231 e. The molecule has 1 aromatic heterocycles. The first-order valence-electron chi connectivity index (χ1n) is 5.75. The number of benzene rings is 1. The van der Waals surface area contributed by atoms with E-state index in [1.54, 1.807) is 11.3 Å². The number of thiazole rings is 1. The molecule has 0 fully saturated rings. The number of aromatic nitrogens is 1. The molecule has 0 saturated carbocycles. The highest BCUT2D eigenvalue weighted by Gasteiger charge is 2.16. The van der Waals surface area contributed by atoms with Crippen molar-refractivity contribution in [3.8, 4) is 22.1 Å². The highest BCUT2D eigenvalue weighted by atomic mass is 32.1. The third kappa shape index (κ3) is 1.95. The fourth-order valence-electron chi connectivity index (χ4n) is 1.91. The van der Waals surface area contributed by atoms with E-state index in [1.807, 2.05) is 25.1 Å². The van der Waals surface area contributed by atoms with E-state index in [1.165, 1.54) is 0 Å². The molecule has 0 bridgehead atoms. The maximum atomic E-state index is 8.99. The molecule has 1 aromatic carbocycles. The third-order valence-corrected chi connectivity index (χ3v) is 4.12. The summed E-state index contributed by atoms with van der Waals surface area (Å²) < 4.78 is 10.6. The maximum Gasteiger partial charge on any atom is 0.231 e. The fourth-order valence-corrected chi connectivity index (χ4v) is 2.96. The lowest BCUT2D eigenvalue weighted by atomic mass is 10.2. The standard InChI is InChI=1S/C13H13NO3S/c1-8-12(4-5-15)18-13(14-8)9-2-3-10-11(6-9)17-7-16-10/h2-3,6,15H,4-5,7H2,1H3. The quantitative estimate of drug-likeness (QED) is 0.923. The average Bonchev–Trinajstić information content (AvgIpc) is 2.96. The summed E-state index contributed by atoms with van der Waals surface area (Å²) >= 11 is 1.62. The number of rotatable bonds is 3. The zero-order chi connectivity index (χ0) is 12.5. The lowest BCUT2D eigenvalue weighted by Crippen LogP contribution is -1.92. The van der Waals surface area contributed by atoms with E-state index >= 15 is 0 Å². The fraction of sp³-hybridized carbons (Fsp3) is 0.308. The molecule has 0 saturated heterocycles. The van der Waals surface area contributed by atoms with Gasteiger partial charge in [-0.1, -0.05) is 0 Å². The molecule has 1 aliphatic heterocycles. The molecule has 0 radical (unpaired) electrons. The van der Waals surface area contributed by atoms with E-state index in [9.17, 15) is 0 Å². The summed E-state index contributed by atoms with van der Waals surface area (Å²) in [6.07, 6.45) is 0.661. The van der Waals surface area contributed by atoms with E-state index in [0.29, 0.717) is 6.42 Å². The number of nitrogens with zero attached hydrogens (tertiary/aromatic N) is 1. The summed E-state index contributed by atoms with van der Waals surface area (Å²) in [6.45, 7) is 2.41. The average molecular weight is 263 g/mol. The van der Waals surface area contributed by atoms with Gasteiger partial charge < -0.3 is 14.6 Å². The molecule has 0 atom stereocenters. The Bertz CT molecular complexity index is 580. The Labute approximate surface area is 109 Å². The summed E-state index contributed by atoms with van der Waals surface area (Å²) in [5, 5.41) is 9.95. The van der Waals surface area contributed by atoms with Crippen LogP contribution in [0, 0.1) is 6.92 Å². The molecule has 18 heavy (non-hydrogen) atoms. The van der Waals surface area contributed by atoms with Crippen LogP contribution in [0.5, 0.6) is 11.5 Å². The Balaban J connectivity index is 1.97. The van der Waals surface area contributed by atoms with E-state index in [2.05, 4.69) is 4.98 Å². The van der Waals surface area contributed by atoms with Gasteiger partial charge in [0.1, 0.15) is 5.01 Å². The lowest BCUT2D eigenvalue weighted by molar-refractivity contribution is 0.174. The minimum absolute atomic E-state index is 0.156. The van der Waals surface area contributed by atoms with Crippen LogP contribution in [0.25, 0.3) is 10.6 Å². The summed E-state index contributed by atoms with van der Waals surface area (Å²) in [6, 6.07) is 5.83. The lowest BCUT2D eigenvalue weighted by Gasteiger charge is -1.98. The molecule has 0 amide bonds. The van der Waals surface area contributed by atoms with Gasteiger partial charge >= 0.3 is 0 Å². The van der Waals surface area contributed by atoms with Crippen LogP contribution in [0.4, 0.5) is 0 Å². The Morgan fingerprint density at radius 3 is 3.00 bits per heavy atom. The van der Waals surface area contributed by atoms with Gasteiger partial charge in [-0.05, 0) is 25.1 Å². The van der Waals surface area contributed by atoms with Gasteiger partial charge in [0.25, 0.3) is 0 Å². The maximum absolute atomic E-state index is 8.99. The highest BCUT2D eigenvalue weighted by Crippen LogP contribution is 2.37. The van der Waals surface area contributed by atoms with Crippen molar-refractivity contribution in [1.82, 2.24) is 4.98 Å². The third-order valence-electron chi connectivity index (χ3n) is 2.85. The molecule has 94 valence electrons.